The number of nitrogens with zero attached hydrogens (tertiary/aromatic N) is 2. The molecule has 0 bridgehead atoms. The SMILES string of the molecule is CCCCCCCCCC(=O)N[C@@H](CCCN=C(N)N)C(=O)N[C@H](C(=O)N[C@@H](CCCN=C(N)N)C(=O)Nc1ccc(C(=N)N)cc1)C(C)C. The van der Waals surface area contributed by atoms with Crippen molar-refractivity contribution in [3.05, 3.63) is 29.8 Å². The molecule has 0 radical (unpaired) electrons. The molecule has 1 rings (SSSR count). The van der Waals surface area contributed by atoms with Crippen molar-refractivity contribution in [2.75, 3.05) is 18.4 Å². The molecule has 0 unspecified atom stereocenters. The molecular weight excluding hydrogens is 640 g/mol. The number of benzene rings is 1. The summed E-state index contributed by atoms with van der Waals surface area (Å²) in [6.45, 7) is 6.20. The van der Waals surface area contributed by atoms with Gasteiger partial charge in [-0.1, -0.05) is 59.3 Å². The molecule has 3 atom stereocenters. The van der Waals surface area contributed by atoms with E-state index in [0.29, 0.717) is 30.5 Å². The molecule has 15 N–H and O–H groups in total. The molecule has 4 amide bonds. The number of unbranched alkanes of at least 4 members (excludes halogenated alkanes) is 6. The molecule has 0 saturated carbocycles. The first-order chi connectivity index (χ1) is 23.7. The molecule has 280 valence electrons. The summed E-state index contributed by atoms with van der Waals surface area (Å²) in [6, 6.07) is 3.43. The van der Waals surface area contributed by atoms with E-state index in [2.05, 4.69) is 38.2 Å². The van der Waals surface area contributed by atoms with E-state index < -0.39 is 35.8 Å². The Morgan fingerprint density at radius 1 is 0.680 bits per heavy atom. The number of guanidine groups is 2. The Morgan fingerprint density at radius 2 is 1.20 bits per heavy atom. The monoisotopic (exact) mass is 700 g/mol. The molecule has 0 aliphatic heterocycles. The highest BCUT2D eigenvalue weighted by Gasteiger charge is 2.31. The highest BCUT2D eigenvalue weighted by Crippen LogP contribution is 2.13. The lowest BCUT2D eigenvalue weighted by Gasteiger charge is -2.27. The van der Waals surface area contributed by atoms with Gasteiger partial charge in [0.25, 0.3) is 0 Å². The van der Waals surface area contributed by atoms with Gasteiger partial charge >= 0.3 is 0 Å². The number of nitrogens with two attached hydrogens (primary N) is 5. The van der Waals surface area contributed by atoms with Crippen molar-refractivity contribution in [3.63, 3.8) is 0 Å². The minimum atomic E-state index is -1.02. The van der Waals surface area contributed by atoms with E-state index in [-0.39, 0.29) is 61.9 Å². The van der Waals surface area contributed by atoms with Gasteiger partial charge in [-0.25, -0.2) is 0 Å². The number of nitrogen functional groups attached to an aromatic ring is 1. The average Bonchev–Trinajstić information content (AvgIpc) is 3.05. The summed E-state index contributed by atoms with van der Waals surface area (Å²) >= 11 is 0. The van der Waals surface area contributed by atoms with Gasteiger partial charge in [0.1, 0.15) is 24.0 Å². The highest BCUT2D eigenvalue weighted by molar-refractivity contribution is 6.00. The van der Waals surface area contributed by atoms with Crippen LogP contribution in [0.5, 0.6) is 0 Å². The second-order valence-corrected chi connectivity index (χ2v) is 12.7. The number of nitrogens with one attached hydrogen (secondary N) is 5. The minimum Gasteiger partial charge on any atom is -0.384 e. The van der Waals surface area contributed by atoms with Gasteiger partial charge in [0.05, 0.1) is 0 Å². The number of aliphatic imine (C=N–C) groups is 2. The Bertz CT molecular complexity index is 1280. The predicted molar refractivity (Wildman–Crippen MR) is 199 cm³/mol. The van der Waals surface area contributed by atoms with Gasteiger partial charge in [-0.3, -0.25) is 34.6 Å². The molecule has 16 nitrogen and oxygen atoms in total. The Kier molecular flexibility index (Phi) is 20.9. The third-order valence-electron chi connectivity index (χ3n) is 7.89. The summed E-state index contributed by atoms with van der Waals surface area (Å²) in [5.41, 5.74) is 28.2. The number of hydrogen-bond donors (Lipinski definition) is 10. The van der Waals surface area contributed by atoms with E-state index in [9.17, 15) is 19.2 Å². The number of carbonyl (C=O) groups excluding carboxylic acids is 4. The van der Waals surface area contributed by atoms with Crippen LogP contribution < -0.4 is 49.9 Å². The van der Waals surface area contributed by atoms with E-state index in [1.807, 2.05) is 0 Å². The second-order valence-electron chi connectivity index (χ2n) is 12.7. The van der Waals surface area contributed by atoms with Crippen molar-refractivity contribution in [2.24, 2.45) is 44.6 Å². The summed E-state index contributed by atoms with van der Waals surface area (Å²) in [6.07, 6.45) is 8.91. The number of amidine groups is 1. The molecule has 1 aromatic rings. The van der Waals surface area contributed by atoms with Crippen LogP contribution in [-0.2, 0) is 19.2 Å². The number of carbonyl (C=O) groups is 4. The van der Waals surface area contributed by atoms with Crippen LogP contribution in [0.25, 0.3) is 0 Å². The maximum absolute atomic E-state index is 13.7. The average molecular weight is 701 g/mol. The van der Waals surface area contributed by atoms with Crippen LogP contribution in [-0.4, -0.2) is 72.6 Å². The van der Waals surface area contributed by atoms with Gasteiger partial charge in [-0.15, -0.1) is 0 Å². The molecule has 16 heteroatoms. The molecule has 0 saturated heterocycles. The summed E-state index contributed by atoms with van der Waals surface area (Å²) in [4.78, 5) is 61.4. The Labute approximate surface area is 296 Å². The third kappa shape index (κ3) is 18.6. The molecule has 0 fully saturated rings. The van der Waals surface area contributed by atoms with Crippen molar-refractivity contribution >= 4 is 47.1 Å². The van der Waals surface area contributed by atoms with Crippen molar-refractivity contribution in [1.29, 1.82) is 5.41 Å². The number of anilines is 1. The van der Waals surface area contributed by atoms with Gasteiger partial charge in [0.15, 0.2) is 11.9 Å². The molecule has 0 aromatic heterocycles. The Hall–Kier alpha value is -4.89. The van der Waals surface area contributed by atoms with Crippen LogP contribution in [0.4, 0.5) is 5.69 Å². The summed E-state index contributed by atoms with van der Waals surface area (Å²) in [5, 5.41) is 18.7. The van der Waals surface area contributed by atoms with Crippen molar-refractivity contribution in [3.8, 4) is 0 Å². The zero-order valence-corrected chi connectivity index (χ0v) is 29.9. The molecule has 0 aliphatic carbocycles. The zero-order valence-electron chi connectivity index (χ0n) is 29.9. The van der Waals surface area contributed by atoms with Crippen molar-refractivity contribution < 1.29 is 19.2 Å². The summed E-state index contributed by atoms with van der Waals surface area (Å²) in [5.74, 6) is -2.50. The van der Waals surface area contributed by atoms with Crippen LogP contribution >= 0.6 is 0 Å². The predicted octanol–water partition coefficient (Wildman–Crippen LogP) is 1.27. The van der Waals surface area contributed by atoms with Crippen LogP contribution in [0, 0.1) is 11.3 Å². The fourth-order valence-corrected chi connectivity index (χ4v) is 5.07. The molecule has 50 heavy (non-hydrogen) atoms. The van der Waals surface area contributed by atoms with E-state index >= 15 is 0 Å². The van der Waals surface area contributed by atoms with Crippen LogP contribution in [0.2, 0.25) is 0 Å². The zero-order chi connectivity index (χ0) is 37.5. The second kappa shape index (κ2) is 24.3. The highest BCUT2D eigenvalue weighted by atomic mass is 16.2. The van der Waals surface area contributed by atoms with Gasteiger partial charge in [-0.05, 0) is 62.3 Å². The normalized spacial score (nSPS) is 12.6. The van der Waals surface area contributed by atoms with E-state index in [1.165, 1.54) is 19.3 Å². The van der Waals surface area contributed by atoms with Gasteiger partial charge in [0, 0.05) is 30.8 Å². The number of amides is 4. The van der Waals surface area contributed by atoms with Crippen molar-refractivity contribution in [2.45, 2.75) is 116 Å². The first-order valence-electron chi connectivity index (χ1n) is 17.5. The maximum Gasteiger partial charge on any atom is 0.246 e. The molecule has 1 aromatic carbocycles. The lowest BCUT2D eigenvalue weighted by atomic mass is 10.0. The smallest absolute Gasteiger partial charge is 0.246 e. The lowest BCUT2D eigenvalue weighted by Crippen LogP contribution is -2.57. The minimum absolute atomic E-state index is 0.0736. The standard InChI is InChI=1S/C34H60N12O4/c1-4-5-6-7-8-9-10-15-27(47)44-25(13-11-20-41-33(37)38)31(49)46-28(22(2)3)32(50)45-26(14-12-21-42-34(39)40)30(48)43-24-18-16-23(17-19-24)29(35)36/h16-19,22,25-26,28H,4-15,20-21H2,1-3H3,(H3,35,36)(H,43,48)(H,44,47)(H,45,50)(H,46,49)(H4,37,38,41)(H4,39,40,42)/t25-,26-,28-/m0/s1. The fourth-order valence-electron chi connectivity index (χ4n) is 5.07. The third-order valence-corrected chi connectivity index (χ3v) is 7.89. The van der Waals surface area contributed by atoms with E-state index in [0.717, 1.165) is 19.3 Å². The van der Waals surface area contributed by atoms with Crippen LogP contribution in [0.3, 0.4) is 0 Å². The largest absolute Gasteiger partial charge is 0.384 e. The summed E-state index contributed by atoms with van der Waals surface area (Å²) in [7, 11) is 0. The molecule has 0 heterocycles. The topological polar surface area (TPSA) is 295 Å². The van der Waals surface area contributed by atoms with Crippen LogP contribution in [0.15, 0.2) is 34.3 Å². The van der Waals surface area contributed by atoms with Gasteiger partial charge in [0.2, 0.25) is 23.6 Å². The van der Waals surface area contributed by atoms with E-state index in [1.54, 1.807) is 38.1 Å². The molecular formula is C34H60N12O4. The quantitative estimate of drug-likeness (QED) is 0.0398. The Morgan fingerprint density at radius 3 is 1.70 bits per heavy atom. The number of rotatable bonds is 25. The first-order valence-corrected chi connectivity index (χ1v) is 17.5. The van der Waals surface area contributed by atoms with Gasteiger partial charge in [-0.2, -0.15) is 0 Å². The first kappa shape index (κ1) is 43.1. The summed E-state index contributed by atoms with van der Waals surface area (Å²) < 4.78 is 0. The molecule has 0 aliphatic rings. The lowest BCUT2D eigenvalue weighted by molar-refractivity contribution is -0.134. The van der Waals surface area contributed by atoms with Gasteiger partial charge < -0.3 is 49.9 Å². The van der Waals surface area contributed by atoms with E-state index in [4.69, 9.17) is 34.1 Å². The Balaban J connectivity index is 3.04. The van der Waals surface area contributed by atoms with Crippen molar-refractivity contribution in [1.82, 2.24) is 16.0 Å². The van der Waals surface area contributed by atoms with Crippen LogP contribution in [0.1, 0.15) is 103 Å². The number of hydrogen-bond acceptors (Lipinski definition) is 7. The molecule has 0 spiro atoms. The fraction of sp³-hybridized carbons (Fsp3) is 0.618. The maximum atomic E-state index is 13.7.